The Balaban J connectivity index is 1.74. The minimum absolute atomic E-state index is 0.413. The van der Waals surface area contributed by atoms with Crippen LogP contribution in [0.5, 0.6) is 0 Å². The van der Waals surface area contributed by atoms with Crippen molar-refractivity contribution in [1.29, 1.82) is 0 Å². The molecule has 0 atom stereocenters. The summed E-state index contributed by atoms with van der Waals surface area (Å²) in [6, 6.07) is 0. The van der Waals surface area contributed by atoms with Crippen LogP contribution >= 0.6 is 0 Å². The Bertz CT molecular complexity index is 663. The lowest BCUT2D eigenvalue weighted by molar-refractivity contribution is -0.114. The molecular weight excluding hydrogens is 240 g/mol. The van der Waals surface area contributed by atoms with E-state index >= 15 is 0 Å². The molecule has 0 radical (unpaired) electrons. The highest BCUT2D eigenvalue weighted by molar-refractivity contribution is 5.95. The van der Waals surface area contributed by atoms with Crippen LogP contribution in [0, 0.1) is 0 Å². The van der Waals surface area contributed by atoms with E-state index in [0.29, 0.717) is 5.57 Å². The summed E-state index contributed by atoms with van der Waals surface area (Å²) in [6.45, 7) is 0.882. The summed E-state index contributed by atoms with van der Waals surface area (Å²) in [5.41, 5.74) is 8.02. The molecule has 5 nitrogen and oxygen atoms in total. The molecule has 0 saturated heterocycles. The molecule has 0 spiro atoms. The van der Waals surface area contributed by atoms with Crippen molar-refractivity contribution in [2.75, 3.05) is 6.54 Å². The topological polar surface area (TPSA) is 52.8 Å². The lowest BCUT2D eigenvalue weighted by Crippen LogP contribution is -2.29. The number of nitrogens with two attached hydrogens (primary N) is 1. The van der Waals surface area contributed by atoms with Crippen LogP contribution in [0.25, 0.3) is 0 Å². The summed E-state index contributed by atoms with van der Waals surface area (Å²) < 4.78 is 0. The van der Waals surface area contributed by atoms with Gasteiger partial charge in [-0.2, -0.15) is 0 Å². The summed E-state index contributed by atoms with van der Waals surface area (Å²) in [6.07, 6.45) is 15.8. The van der Waals surface area contributed by atoms with Gasteiger partial charge in [-0.3, -0.25) is 4.79 Å². The lowest BCUT2D eigenvalue weighted by atomic mass is 10.1. The maximum absolute atomic E-state index is 11.2. The van der Waals surface area contributed by atoms with Gasteiger partial charge in [0.1, 0.15) is 5.82 Å². The normalized spacial score (nSPS) is 22.4. The van der Waals surface area contributed by atoms with E-state index in [1.54, 1.807) is 12.3 Å². The molecule has 2 N–H and O–H groups in total. The second-order valence-corrected chi connectivity index (χ2v) is 4.70. The molecule has 4 aliphatic heterocycles. The highest BCUT2D eigenvalue weighted by Crippen LogP contribution is 2.35. The number of carbonyl (C=O) groups excluding carboxylic acids is 1. The van der Waals surface area contributed by atoms with Gasteiger partial charge in [-0.1, -0.05) is 6.08 Å². The molecule has 0 bridgehead atoms. The molecule has 4 heterocycles. The molecule has 0 aromatic rings. The van der Waals surface area contributed by atoms with Gasteiger partial charge < -0.3 is 20.4 Å². The molecule has 19 heavy (non-hydrogen) atoms. The van der Waals surface area contributed by atoms with E-state index in [9.17, 15) is 4.79 Å². The van der Waals surface area contributed by atoms with Gasteiger partial charge in [-0.15, -0.1) is 0 Å². The van der Waals surface area contributed by atoms with Gasteiger partial charge in [0, 0.05) is 25.1 Å². The average molecular weight is 252 g/mol. The fourth-order valence-corrected chi connectivity index (χ4v) is 2.56. The van der Waals surface area contributed by atoms with Gasteiger partial charge in [0.05, 0.1) is 23.2 Å². The quantitative estimate of drug-likeness (QED) is 0.753. The Labute approximate surface area is 110 Å². The molecule has 0 aliphatic carbocycles. The van der Waals surface area contributed by atoms with Crippen molar-refractivity contribution >= 4 is 5.91 Å². The van der Waals surface area contributed by atoms with Crippen molar-refractivity contribution in [3.05, 3.63) is 71.9 Å². The molecule has 5 heteroatoms. The zero-order valence-corrected chi connectivity index (χ0v) is 10.2. The van der Waals surface area contributed by atoms with Crippen molar-refractivity contribution in [2.45, 2.75) is 0 Å². The van der Waals surface area contributed by atoms with Crippen LogP contribution in [0.1, 0.15) is 0 Å². The van der Waals surface area contributed by atoms with Gasteiger partial charge in [0.2, 0.25) is 5.91 Å². The first-order valence-corrected chi connectivity index (χ1v) is 6.08. The molecule has 0 unspecified atom stereocenters. The third kappa shape index (κ3) is 1.38. The smallest absolute Gasteiger partial charge is 0.250 e. The summed E-state index contributed by atoms with van der Waals surface area (Å²) in [5.74, 6) is 0.670. The van der Waals surface area contributed by atoms with Crippen molar-refractivity contribution in [2.24, 2.45) is 5.73 Å². The van der Waals surface area contributed by atoms with Gasteiger partial charge >= 0.3 is 0 Å². The third-order valence-electron chi connectivity index (χ3n) is 3.52. The lowest BCUT2D eigenvalue weighted by Gasteiger charge is -2.32. The molecule has 94 valence electrons. The standard InChI is InChI=1S/C14H12N4O/c15-14(19)10-3-4-11-7-17-8-12-2-1-5-18(12)13(17)9-16(11)6-10/h1-4,6-9H,5H2,(H2,15,19). The Hall–Kier alpha value is -2.69. The van der Waals surface area contributed by atoms with Gasteiger partial charge in [-0.25, -0.2) is 0 Å². The monoisotopic (exact) mass is 252 g/mol. The molecule has 0 aromatic carbocycles. The first kappa shape index (κ1) is 10.3. The molecule has 4 aliphatic rings. The summed E-state index contributed by atoms with van der Waals surface area (Å²) >= 11 is 0. The third-order valence-corrected chi connectivity index (χ3v) is 3.52. The number of hydrogen-bond donors (Lipinski definition) is 1. The molecule has 0 saturated carbocycles. The minimum atomic E-state index is -0.413. The maximum atomic E-state index is 11.2. The van der Waals surface area contributed by atoms with Crippen LogP contribution in [0.4, 0.5) is 0 Å². The SMILES string of the molecule is NC(=O)C1=CN2C=C3N(C=C2C=C1)C=C1C=CCN13. The van der Waals surface area contributed by atoms with Crippen LogP contribution in [0.15, 0.2) is 71.9 Å². The summed E-state index contributed by atoms with van der Waals surface area (Å²) in [7, 11) is 0. The number of fused-ring (bicyclic) bond motifs is 4. The summed E-state index contributed by atoms with van der Waals surface area (Å²) in [4.78, 5) is 17.5. The zero-order valence-electron chi connectivity index (χ0n) is 10.2. The Morgan fingerprint density at radius 1 is 1.00 bits per heavy atom. The molecular formula is C14H12N4O. The predicted molar refractivity (Wildman–Crippen MR) is 70.2 cm³/mol. The Kier molecular flexibility index (Phi) is 1.84. The van der Waals surface area contributed by atoms with E-state index in [1.807, 2.05) is 23.4 Å². The first-order valence-electron chi connectivity index (χ1n) is 6.08. The fourth-order valence-electron chi connectivity index (χ4n) is 2.56. The van der Waals surface area contributed by atoms with E-state index in [4.69, 9.17) is 5.73 Å². The number of amides is 1. The molecule has 4 rings (SSSR count). The van der Waals surface area contributed by atoms with Gasteiger partial charge in [0.25, 0.3) is 0 Å². The number of allylic oxidation sites excluding steroid dienone is 2. The molecule has 0 fully saturated rings. The largest absolute Gasteiger partial charge is 0.366 e. The average Bonchev–Trinajstić information content (AvgIpc) is 2.96. The predicted octanol–water partition coefficient (Wildman–Crippen LogP) is 0.910. The van der Waals surface area contributed by atoms with Crippen LogP contribution in [-0.4, -0.2) is 27.2 Å². The molecule has 1 amide bonds. The zero-order chi connectivity index (χ0) is 13.0. The van der Waals surface area contributed by atoms with Crippen LogP contribution < -0.4 is 5.73 Å². The van der Waals surface area contributed by atoms with Gasteiger partial charge in [-0.05, 0) is 18.2 Å². The van der Waals surface area contributed by atoms with Crippen LogP contribution in [0.3, 0.4) is 0 Å². The van der Waals surface area contributed by atoms with Crippen LogP contribution in [-0.2, 0) is 4.79 Å². The van der Waals surface area contributed by atoms with E-state index in [2.05, 4.69) is 28.2 Å². The minimum Gasteiger partial charge on any atom is -0.366 e. The van der Waals surface area contributed by atoms with Crippen molar-refractivity contribution in [1.82, 2.24) is 14.7 Å². The first-order chi connectivity index (χ1) is 9.22. The second-order valence-electron chi connectivity index (χ2n) is 4.70. The van der Waals surface area contributed by atoms with E-state index in [1.165, 1.54) is 5.70 Å². The number of carbonyl (C=O) groups is 1. The Morgan fingerprint density at radius 3 is 2.68 bits per heavy atom. The highest BCUT2D eigenvalue weighted by atomic mass is 16.1. The maximum Gasteiger partial charge on any atom is 0.250 e. The molecule has 0 aromatic heterocycles. The number of rotatable bonds is 1. The van der Waals surface area contributed by atoms with Crippen molar-refractivity contribution in [3.63, 3.8) is 0 Å². The van der Waals surface area contributed by atoms with Gasteiger partial charge in [0.15, 0.2) is 0 Å². The van der Waals surface area contributed by atoms with Crippen molar-refractivity contribution in [3.8, 4) is 0 Å². The van der Waals surface area contributed by atoms with E-state index in [0.717, 1.165) is 18.1 Å². The fraction of sp³-hybridized carbons (Fsp3) is 0.0714. The second kappa shape index (κ2) is 3.41. The van der Waals surface area contributed by atoms with E-state index < -0.39 is 5.91 Å². The van der Waals surface area contributed by atoms with E-state index in [-0.39, 0.29) is 0 Å². The summed E-state index contributed by atoms with van der Waals surface area (Å²) in [5, 5.41) is 0. The number of nitrogens with zero attached hydrogens (tertiary/aromatic N) is 3. The highest BCUT2D eigenvalue weighted by Gasteiger charge is 2.30. The number of hydrogen-bond acceptors (Lipinski definition) is 4. The van der Waals surface area contributed by atoms with Crippen molar-refractivity contribution < 1.29 is 4.79 Å². The number of primary amides is 1. The Morgan fingerprint density at radius 2 is 1.84 bits per heavy atom. The van der Waals surface area contributed by atoms with Crippen LogP contribution in [0.2, 0.25) is 0 Å².